The SMILES string of the molecule is COc1ccc(N2CCC(C=O)(CCCNCc3c[nH]c4ccccc34)CC2)cc1OC. The molecule has 0 radical (unpaired) electrons. The maximum absolute atomic E-state index is 12.0. The summed E-state index contributed by atoms with van der Waals surface area (Å²) in [5, 5.41) is 4.82. The first-order chi connectivity index (χ1) is 15.7. The van der Waals surface area contributed by atoms with Gasteiger partial charge in [-0.25, -0.2) is 0 Å². The molecular formula is C26H33N3O3. The lowest BCUT2D eigenvalue weighted by atomic mass is 9.76. The molecule has 2 N–H and O–H groups in total. The largest absolute Gasteiger partial charge is 0.493 e. The van der Waals surface area contributed by atoms with Crippen molar-refractivity contribution in [3.05, 3.63) is 54.2 Å². The van der Waals surface area contributed by atoms with Gasteiger partial charge in [-0.3, -0.25) is 0 Å². The third-order valence-electron chi connectivity index (χ3n) is 6.76. The molecule has 170 valence electrons. The van der Waals surface area contributed by atoms with E-state index in [1.54, 1.807) is 14.2 Å². The van der Waals surface area contributed by atoms with Crippen LogP contribution in [-0.4, -0.2) is 45.1 Å². The summed E-state index contributed by atoms with van der Waals surface area (Å²) in [6.07, 6.45) is 6.97. The van der Waals surface area contributed by atoms with Crippen molar-refractivity contribution in [2.24, 2.45) is 5.41 Å². The van der Waals surface area contributed by atoms with Crippen LogP contribution in [-0.2, 0) is 11.3 Å². The van der Waals surface area contributed by atoms with E-state index in [0.29, 0.717) is 0 Å². The highest BCUT2D eigenvalue weighted by atomic mass is 16.5. The summed E-state index contributed by atoms with van der Waals surface area (Å²) < 4.78 is 10.8. The molecule has 1 aromatic heterocycles. The van der Waals surface area contributed by atoms with Crippen LogP contribution in [0.4, 0.5) is 5.69 Å². The van der Waals surface area contributed by atoms with Crippen LogP contribution in [0, 0.1) is 5.41 Å². The fourth-order valence-electron chi connectivity index (χ4n) is 4.73. The van der Waals surface area contributed by atoms with E-state index < -0.39 is 0 Å². The van der Waals surface area contributed by atoms with Crippen molar-refractivity contribution in [2.45, 2.75) is 32.2 Å². The van der Waals surface area contributed by atoms with E-state index in [-0.39, 0.29) is 5.41 Å². The van der Waals surface area contributed by atoms with Gasteiger partial charge in [0.25, 0.3) is 0 Å². The number of anilines is 1. The summed E-state index contributed by atoms with van der Waals surface area (Å²) in [5.74, 6) is 1.47. The number of ether oxygens (including phenoxy) is 2. The quantitative estimate of drug-likeness (QED) is 0.362. The molecule has 0 aliphatic carbocycles. The summed E-state index contributed by atoms with van der Waals surface area (Å²) in [5.41, 5.74) is 3.36. The van der Waals surface area contributed by atoms with Gasteiger partial charge in [0, 0.05) is 53.9 Å². The molecule has 2 aromatic carbocycles. The van der Waals surface area contributed by atoms with Gasteiger partial charge < -0.3 is 29.5 Å². The van der Waals surface area contributed by atoms with E-state index in [1.165, 1.54) is 22.8 Å². The first-order valence-corrected chi connectivity index (χ1v) is 11.4. The van der Waals surface area contributed by atoms with Crippen molar-refractivity contribution >= 4 is 22.9 Å². The lowest BCUT2D eigenvalue weighted by molar-refractivity contribution is -0.117. The Kier molecular flexibility index (Phi) is 7.00. The predicted octanol–water partition coefficient (Wildman–Crippen LogP) is 4.54. The smallest absolute Gasteiger partial charge is 0.162 e. The van der Waals surface area contributed by atoms with Crippen LogP contribution in [0.3, 0.4) is 0 Å². The van der Waals surface area contributed by atoms with Gasteiger partial charge in [-0.05, 0) is 56.0 Å². The molecule has 4 rings (SSSR count). The molecule has 32 heavy (non-hydrogen) atoms. The van der Waals surface area contributed by atoms with Crippen LogP contribution < -0.4 is 19.7 Å². The predicted molar refractivity (Wildman–Crippen MR) is 129 cm³/mol. The Morgan fingerprint density at radius 3 is 2.62 bits per heavy atom. The minimum atomic E-state index is -0.213. The number of hydrogen-bond acceptors (Lipinski definition) is 5. The number of rotatable bonds is 10. The molecule has 6 heteroatoms. The van der Waals surface area contributed by atoms with Gasteiger partial charge in [0.1, 0.15) is 6.29 Å². The van der Waals surface area contributed by atoms with Crippen LogP contribution >= 0.6 is 0 Å². The van der Waals surface area contributed by atoms with Crippen LogP contribution in [0.5, 0.6) is 11.5 Å². The molecule has 2 heterocycles. The number of benzene rings is 2. The zero-order valence-electron chi connectivity index (χ0n) is 19.0. The number of aromatic amines is 1. The number of nitrogens with one attached hydrogen (secondary N) is 2. The molecule has 0 saturated carbocycles. The number of carbonyl (C=O) groups is 1. The van der Waals surface area contributed by atoms with E-state index in [9.17, 15) is 4.79 Å². The minimum absolute atomic E-state index is 0.213. The number of fused-ring (bicyclic) bond motifs is 1. The molecule has 0 bridgehead atoms. The average Bonchev–Trinajstić information content (AvgIpc) is 3.27. The van der Waals surface area contributed by atoms with Crippen molar-refractivity contribution < 1.29 is 14.3 Å². The maximum atomic E-state index is 12.0. The Morgan fingerprint density at radius 2 is 1.88 bits per heavy atom. The zero-order chi connectivity index (χ0) is 22.4. The van der Waals surface area contributed by atoms with Crippen molar-refractivity contribution in [2.75, 3.05) is 38.8 Å². The number of nitrogens with zero attached hydrogens (tertiary/aromatic N) is 1. The first-order valence-electron chi connectivity index (χ1n) is 11.4. The van der Waals surface area contributed by atoms with E-state index >= 15 is 0 Å². The minimum Gasteiger partial charge on any atom is -0.493 e. The van der Waals surface area contributed by atoms with Crippen LogP contribution in [0.25, 0.3) is 10.9 Å². The number of carbonyl (C=O) groups excluding carboxylic acids is 1. The van der Waals surface area contributed by atoms with E-state index in [4.69, 9.17) is 9.47 Å². The Bertz CT molecular complexity index is 1040. The summed E-state index contributed by atoms with van der Waals surface area (Å²) in [7, 11) is 3.30. The number of H-pyrrole nitrogens is 1. The van der Waals surface area contributed by atoms with Gasteiger partial charge in [-0.1, -0.05) is 18.2 Å². The monoisotopic (exact) mass is 435 g/mol. The lowest BCUT2D eigenvalue weighted by Gasteiger charge is -2.39. The second kappa shape index (κ2) is 10.1. The van der Waals surface area contributed by atoms with Crippen molar-refractivity contribution in [1.29, 1.82) is 0 Å². The molecule has 1 saturated heterocycles. The van der Waals surface area contributed by atoms with E-state index in [0.717, 1.165) is 69.0 Å². The average molecular weight is 436 g/mol. The molecule has 0 unspecified atom stereocenters. The van der Waals surface area contributed by atoms with Crippen molar-refractivity contribution in [3.8, 4) is 11.5 Å². The molecule has 0 amide bonds. The molecule has 1 aliphatic heterocycles. The highest BCUT2D eigenvalue weighted by molar-refractivity contribution is 5.82. The molecule has 3 aromatic rings. The Balaban J connectivity index is 1.26. The fourth-order valence-corrected chi connectivity index (χ4v) is 4.73. The normalized spacial score (nSPS) is 15.6. The number of methoxy groups -OCH3 is 2. The standard InChI is InChI=1S/C26H33N3O3/c1-31-24-9-8-21(16-25(24)32-2)29-14-11-26(19-30,12-15-29)10-5-13-27-17-20-18-28-23-7-4-3-6-22(20)23/h3-4,6-9,16,18-19,27-28H,5,10-15,17H2,1-2H3. The molecule has 1 aliphatic rings. The number of piperidine rings is 1. The molecule has 1 fully saturated rings. The maximum Gasteiger partial charge on any atom is 0.162 e. The van der Waals surface area contributed by atoms with Gasteiger partial charge in [-0.15, -0.1) is 0 Å². The summed E-state index contributed by atoms with van der Waals surface area (Å²) in [6.45, 7) is 3.49. The highest BCUT2D eigenvalue weighted by Gasteiger charge is 2.34. The summed E-state index contributed by atoms with van der Waals surface area (Å²) in [6, 6.07) is 14.4. The Morgan fingerprint density at radius 1 is 1.09 bits per heavy atom. The summed E-state index contributed by atoms with van der Waals surface area (Å²) >= 11 is 0. The van der Waals surface area contributed by atoms with E-state index in [1.807, 2.05) is 18.2 Å². The van der Waals surface area contributed by atoms with Crippen molar-refractivity contribution in [1.82, 2.24) is 10.3 Å². The van der Waals surface area contributed by atoms with Crippen LogP contribution in [0.2, 0.25) is 0 Å². The Hall–Kier alpha value is -2.99. The fraction of sp³-hybridized carbons (Fsp3) is 0.423. The Labute approximate surface area is 189 Å². The zero-order valence-corrected chi connectivity index (χ0v) is 19.0. The second-order valence-electron chi connectivity index (χ2n) is 8.65. The van der Waals surface area contributed by atoms with Gasteiger partial charge >= 0.3 is 0 Å². The number of aldehydes is 1. The van der Waals surface area contributed by atoms with Crippen molar-refractivity contribution in [3.63, 3.8) is 0 Å². The third-order valence-corrected chi connectivity index (χ3v) is 6.76. The number of aromatic nitrogens is 1. The highest BCUT2D eigenvalue weighted by Crippen LogP contribution is 2.38. The first kappa shape index (κ1) is 22.2. The van der Waals surface area contributed by atoms with Crippen LogP contribution in [0.15, 0.2) is 48.7 Å². The molecular weight excluding hydrogens is 402 g/mol. The molecule has 6 nitrogen and oxygen atoms in total. The van der Waals surface area contributed by atoms with Gasteiger partial charge in [0.05, 0.1) is 14.2 Å². The van der Waals surface area contributed by atoms with E-state index in [2.05, 4.69) is 45.7 Å². The lowest BCUT2D eigenvalue weighted by Crippen LogP contribution is -2.41. The van der Waals surface area contributed by atoms with Crippen LogP contribution in [0.1, 0.15) is 31.2 Å². The third kappa shape index (κ3) is 4.75. The topological polar surface area (TPSA) is 66.6 Å². The number of hydrogen-bond donors (Lipinski definition) is 2. The van der Waals surface area contributed by atoms with Gasteiger partial charge in [-0.2, -0.15) is 0 Å². The molecule has 0 spiro atoms. The second-order valence-corrected chi connectivity index (χ2v) is 8.65. The van der Waals surface area contributed by atoms with Gasteiger partial charge in [0.15, 0.2) is 11.5 Å². The number of para-hydroxylation sites is 1. The molecule has 0 atom stereocenters. The van der Waals surface area contributed by atoms with Gasteiger partial charge in [0.2, 0.25) is 0 Å². The summed E-state index contributed by atoms with van der Waals surface area (Å²) in [4.78, 5) is 17.7.